The molecule has 80 valence electrons. The SMILES string of the molecule is O=C(O)[C@@H]1CCCCN1c1ccnnc1. The minimum absolute atomic E-state index is 0.414. The predicted octanol–water partition coefficient (Wildman–Crippen LogP) is 0.920. The first kappa shape index (κ1) is 9.89. The molecule has 0 amide bonds. The highest BCUT2D eigenvalue weighted by molar-refractivity contribution is 5.78. The number of nitrogens with zero attached hydrogens (tertiary/aromatic N) is 3. The summed E-state index contributed by atoms with van der Waals surface area (Å²) in [5.74, 6) is -0.758. The summed E-state index contributed by atoms with van der Waals surface area (Å²) in [7, 11) is 0. The predicted molar refractivity (Wildman–Crippen MR) is 54.7 cm³/mol. The molecule has 0 spiro atoms. The Bertz CT molecular complexity index is 342. The Morgan fingerprint density at radius 1 is 1.47 bits per heavy atom. The van der Waals surface area contributed by atoms with Crippen molar-refractivity contribution in [1.82, 2.24) is 10.2 Å². The van der Waals surface area contributed by atoms with Crippen molar-refractivity contribution >= 4 is 11.7 Å². The molecular formula is C10H13N3O2. The van der Waals surface area contributed by atoms with Gasteiger partial charge in [0.25, 0.3) is 0 Å². The number of aliphatic carboxylic acids is 1. The van der Waals surface area contributed by atoms with Crippen LogP contribution in [0.4, 0.5) is 5.69 Å². The molecule has 0 aliphatic carbocycles. The summed E-state index contributed by atoms with van der Waals surface area (Å²) in [4.78, 5) is 12.9. The summed E-state index contributed by atoms with van der Waals surface area (Å²) in [6.45, 7) is 0.780. The van der Waals surface area contributed by atoms with Crippen molar-refractivity contribution in [3.05, 3.63) is 18.5 Å². The summed E-state index contributed by atoms with van der Waals surface area (Å²) in [5.41, 5.74) is 0.845. The maximum absolute atomic E-state index is 11.1. The van der Waals surface area contributed by atoms with Gasteiger partial charge < -0.3 is 10.0 Å². The number of carboxylic acids is 1. The fourth-order valence-electron chi connectivity index (χ4n) is 1.95. The lowest BCUT2D eigenvalue weighted by molar-refractivity contribution is -0.139. The van der Waals surface area contributed by atoms with E-state index in [1.807, 2.05) is 4.90 Å². The average molecular weight is 207 g/mol. The maximum atomic E-state index is 11.1. The molecule has 1 N–H and O–H groups in total. The van der Waals surface area contributed by atoms with Crippen LogP contribution in [-0.2, 0) is 4.79 Å². The van der Waals surface area contributed by atoms with Crippen LogP contribution in [0.1, 0.15) is 19.3 Å². The molecule has 5 nitrogen and oxygen atoms in total. The smallest absolute Gasteiger partial charge is 0.326 e. The molecule has 2 heterocycles. The van der Waals surface area contributed by atoms with Crippen molar-refractivity contribution in [2.75, 3.05) is 11.4 Å². The molecule has 15 heavy (non-hydrogen) atoms. The molecule has 2 rings (SSSR count). The second-order valence-electron chi connectivity index (χ2n) is 3.64. The number of piperidine rings is 1. The third-order valence-electron chi connectivity index (χ3n) is 2.69. The van der Waals surface area contributed by atoms with E-state index in [4.69, 9.17) is 5.11 Å². The van der Waals surface area contributed by atoms with Crippen molar-refractivity contribution in [2.24, 2.45) is 0 Å². The van der Waals surface area contributed by atoms with Gasteiger partial charge in [-0.3, -0.25) is 0 Å². The van der Waals surface area contributed by atoms with E-state index in [1.54, 1.807) is 18.5 Å². The van der Waals surface area contributed by atoms with Gasteiger partial charge in [-0.05, 0) is 25.3 Å². The Kier molecular flexibility index (Phi) is 2.80. The number of carboxylic acid groups (broad SMARTS) is 1. The van der Waals surface area contributed by atoms with Gasteiger partial charge in [0.2, 0.25) is 0 Å². The number of rotatable bonds is 2. The van der Waals surface area contributed by atoms with E-state index >= 15 is 0 Å². The van der Waals surface area contributed by atoms with Gasteiger partial charge in [0.05, 0.1) is 18.1 Å². The van der Waals surface area contributed by atoms with Gasteiger partial charge >= 0.3 is 5.97 Å². The average Bonchev–Trinajstić information content (AvgIpc) is 2.30. The zero-order valence-electron chi connectivity index (χ0n) is 8.33. The van der Waals surface area contributed by atoms with E-state index in [-0.39, 0.29) is 0 Å². The molecule has 1 aliphatic rings. The van der Waals surface area contributed by atoms with Crippen molar-refractivity contribution in [3.63, 3.8) is 0 Å². The molecule has 1 aromatic heterocycles. The van der Waals surface area contributed by atoms with Crippen LogP contribution in [0.2, 0.25) is 0 Å². The Morgan fingerprint density at radius 3 is 3.00 bits per heavy atom. The van der Waals surface area contributed by atoms with Crippen molar-refractivity contribution in [3.8, 4) is 0 Å². The van der Waals surface area contributed by atoms with E-state index in [0.29, 0.717) is 6.42 Å². The van der Waals surface area contributed by atoms with Gasteiger partial charge in [0.1, 0.15) is 6.04 Å². The van der Waals surface area contributed by atoms with Crippen molar-refractivity contribution < 1.29 is 9.90 Å². The Hall–Kier alpha value is -1.65. The second-order valence-corrected chi connectivity index (χ2v) is 3.64. The Morgan fingerprint density at radius 2 is 2.33 bits per heavy atom. The molecular weight excluding hydrogens is 194 g/mol. The zero-order valence-corrected chi connectivity index (χ0v) is 8.33. The van der Waals surface area contributed by atoms with Crippen molar-refractivity contribution in [2.45, 2.75) is 25.3 Å². The first-order valence-corrected chi connectivity index (χ1v) is 5.05. The van der Waals surface area contributed by atoms with Gasteiger partial charge in [-0.1, -0.05) is 0 Å². The molecule has 1 aromatic rings. The Balaban J connectivity index is 2.22. The molecule has 0 saturated carbocycles. The second kappa shape index (κ2) is 4.25. The molecule has 0 unspecified atom stereocenters. The first-order valence-electron chi connectivity index (χ1n) is 5.05. The van der Waals surface area contributed by atoms with Crippen LogP contribution in [0.3, 0.4) is 0 Å². The zero-order chi connectivity index (χ0) is 10.7. The number of anilines is 1. The van der Waals surface area contributed by atoms with E-state index in [0.717, 1.165) is 25.1 Å². The summed E-state index contributed by atoms with van der Waals surface area (Å²) in [6.07, 6.45) is 5.92. The minimum atomic E-state index is -0.758. The van der Waals surface area contributed by atoms with Crippen LogP contribution in [-0.4, -0.2) is 33.9 Å². The van der Waals surface area contributed by atoms with Gasteiger partial charge in [-0.2, -0.15) is 10.2 Å². The van der Waals surface area contributed by atoms with E-state index in [2.05, 4.69) is 10.2 Å². The van der Waals surface area contributed by atoms with E-state index in [1.165, 1.54) is 0 Å². The standard InChI is InChI=1S/C10H13N3O2/c14-10(15)9-3-1-2-6-13(9)8-4-5-11-12-7-8/h4-5,7,9H,1-3,6H2,(H,14,15)/t9-/m0/s1. The van der Waals surface area contributed by atoms with Crippen LogP contribution in [0.25, 0.3) is 0 Å². The number of hydrogen-bond donors (Lipinski definition) is 1. The summed E-state index contributed by atoms with van der Waals surface area (Å²) >= 11 is 0. The highest BCUT2D eigenvalue weighted by Gasteiger charge is 2.28. The van der Waals surface area contributed by atoms with Crippen molar-refractivity contribution in [1.29, 1.82) is 0 Å². The van der Waals surface area contributed by atoms with E-state index in [9.17, 15) is 4.79 Å². The van der Waals surface area contributed by atoms with Crippen LogP contribution in [0, 0.1) is 0 Å². The maximum Gasteiger partial charge on any atom is 0.326 e. The van der Waals surface area contributed by atoms with Gasteiger partial charge in [0, 0.05) is 6.54 Å². The summed E-state index contributed by atoms with van der Waals surface area (Å²) in [5, 5.41) is 16.5. The fourth-order valence-corrected chi connectivity index (χ4v) is 1.95. The third-order valence-corrected chi connectivity index (χ3v) is 2.69. The third kappa shape index (κ3) is 2.06. The largest absolute Gasteiger partial charge is 0.480 e. The summed E-state index contributed by atoms with van der Waals surface area (Å²) < 4.78 is 0. The minimum Gasteiger partial charge on any atom is -0.480 e. The van der Waals surface area contributed by atoms with Crippen LogP contribution < -0.4 is 4.90 Å². The monoisotopic (exact) mass is 207 g/mol. The molecule has 1 saturated heterocycles. The lowest BCUT2D eigenvalue weighted by Crippen LogP contribution is -2.44. The topological polar surface area (TPSA) is 66.3 Å². The van der Waals surface area contributed by atoms with Crippen LogP contribution in [0.5, 0.6) is 0 Å². The van der Waals surface area contributed by atoms with Gasteiger partial charge in [-0.25, -0.2) is 4.79 Å². The molecule has 1 fully saturated rings. The van der Waals surface area contributed by atoms with Crippen LogP contribution >= 0.6 is 0 Å². The molecule has 1 atom stereocenters. The summed E-state index contributed by atoms with van der Waals surface area (Å²) in [6, 6.07) is 1.39. The number of carbonyl (C=O) groups is 1. The quantitative estimate of drug-likeness (QED) is 0.781. The lowest BCUT2D eigenvalue weighted by atomic mass is 10.0. The molecule has 0 radical (unpaired) electrons. The van der Waals surface area contributed by atoms with Gasteiger partial charge in [-0.15, -0.1) is 0 Å². The number of hydrogen-bond acceptors (Lipinski definition) is 4. The number of aromatic nitrogens is 2. The van der Waals surface area contributed by atoms with Crippen LogP contribution in [0.15, 0.2) is 18.5 Å². The highest BCUT2D eigenvalue weighted by Crippen LogP contribution is 2.23. The normalized spacial score (nSPS) is 21.3. The fraction of sp³-hybridized carbons (Fsp3) is 0.500. The van der Waals surface area contributed by atoms with E-state index < -0.39 is 12.0 Å². The lowest BCUT2D eigenvalue weighted by Gasteiger charge is -2.34. The molecule has 0 bridgehead atoms. The molecule has 5 heteroatoms. The van der Waals surface area contributed by atoms with Gasteiger partial charge in [0.15, 0.2) is 0 Å². The highest BCUT2D eigenvalue weighted by atomic mass is 16.4. The Labute approximate surface area is 87.7 Å². The molecule has 1 aliphatic heterocycles. The first-order chi connectivity index (χ1) is 7.29. The molecule has 0 aromatic carbocycles.